The van der Waals surface area contributed by atoms with Crippen LogP contribution in [0.25, 0.3) is 16.7 Å². The van der Waals surface area contributed by atoms with Crippen molar-refractivity contribution in [3.05, 3.63) is 64.3 Å². The highest BCUT2D eigenvalue weighted by molar-refractivity contribution is 6.46. The average Bonchev–Trinajstić information content (AvgIpc) is 3.32. The number of nitrogens with zero attached hydrogens (tertiary/aromatic N) is 2. The second-order valence-corrected chi connectivity index (χ2v) is 8.65. The first-order chi connectivity index (χ1) is 16.8. The number of Topliss-reactive ketones (excluding diaryl/α,β-unsaturated/α-hetero) is 1. The van der Waals surface area contributed by atoms with Crippen LogP contribution in [0, 0.1) is 0 Å². The van der Waals surface area contributed by atoms with Gasteiger partial charge in [-0.05, 0) is 18.6 Å². The maximum atomic E-state index is 13.4. The summed E-state index contributed by atoms with van der Waals surface area (Å²) < 4.78 is 17.8. The lowest BCUT2D eigenvalue weighted by atomic mass is 9.94. The van der Waals surface area contributed by atoms with Crippen molar-refractivity contribution in [2.75, 3.05) is 34.5 Å². The van der Waals surface area contributed by atoms with Crippen LogP contribution >= 0.6 is 11.6 Å². The molecule has 0 spiro atoms. The van der Waals surface area contributed by atoms with Gasteiger partial charge >= 0.3 is 0 Å². The predicted octanol–water partition coefficient (Wildman–Crippen LogP) is 4.31. The van der Waals surface area contributed by atoms with Crippen LogP contribution in [0.5, 0.6) is 11.5 Å². The molecule has 0 bridgehead atoms. The van der Waals surface area contributed by atoms with E-state index in [9.17, 15) is 14.7 Å². The number of ketones is 1. The number of rotatable bonds is 8. The summed E-state index contributed by atoms with van der Waals surface area (Å²) in [5.74, 6) is -1.21. The third-order valence-electron chi connectivity index (χ3n) is 6.24. The lowest BCUT2D eigenvalue weighted by Crippen LogP contribution is -2.31. The second kappa shape index (κ2) is 10.0. The molecule has 35 heavy (non-hydrogen) atoms. The maximum absolute atomic E-state index is 13.4. The molecular formula is C26H27ClN2O6. The molecule has 2 aromatic carbocycles. The first-order valence-corrected chi connectivity index (χ1v) is 11.4. The molecule has 1 amide bonds. The minimum Gasteiger partial charge on any atom is -0.507 e. The molecule has 0 aliphatic carbocycles. The molecule has 8 nitrogen and oxygen atoms in total. The van der Waals surface area contributed by atoms with Crippen molar-refractivity contribution in [2.24, 2.45) is 7.05 Å². The molecule has 2 heterocycles. The van der Waals surface area contributed by atoms with Gasteiger partial charge in [-0.15, -0.1) is 0 Å². The van der Waals surface area contributed by atoms with E-state index in [1.54, 1.807) is 7.11 Å². The van der Waals surface area contributed by atoms with Crippen LogP contribution in [0.4, 0.5) is 0 Å². The van der Waals surface area contributed by atoms with Gasteiger partial charge < -0.3 is 28.8 Å². The van der Waals surface area contributed by atoms with E-state index in [2.05, 4.69) is 0 Å². The van der Waals surface area contributed by atoms with Crippen LogP contribution in [0.2, 0.25) is 5.02 Å². The van der Waals surface area contributed by atoms with Crippen LogP contribution in [0.15, 0.2) is 48.2 Å². The number of hydrogen-bond donors (Lipinski definition) is 1. The zero-order chi connectivity index (χ0) is 25.3. The van der Waals surface area contributed by atoms with E-state index >= 15 is 0 Å². The Morgan fingerprint density at radius 2 is 1.80 bits per heavy atom. The molecule has 1 atom stereocenters. The minimum atomic E-state index is -0.802. The fraction of sp³-hybridized carbons (Fsp3) is 0.308. The fourth-order valence-corrected chi connectivity index (χ4v) is 4.84. The summed E-state index contributed by atoms with van der Waals surface area (Å²) in [6.45, 7) is 0.705. The van der Waals surface area contributed by atoms with Crippen molar-refractivity contribution < 1.29 is 28.9 Å². The van der Waals surface area contributed by atoms with Gasteiger partial charge in [0.05, 0.1) is 36.4 Å². The molecule has 0 radical (unpaired) electrons. The summed E-state index contributed by atoms with van der Waals surface area (Å²) in [5.41, 5.74) is 1.84. The van der Waals surface area contributed by atoms with E-state index in [0.717, 1.165) is 16.5 Å². The number of halogens is 1. The van der Waals surface area contributed by atoms with E-state index in [-0.39, 0.29) is 34.2 Å². The first kappa shape index (κ1) is 24.6. The first-order valence-electron chi connectivity index (χ1n) is 11.1. The average molecular weight is 499 g/mol. The smallest absolute Gasteiger partial charge is 0.295 e. The van der Waals surface area contributed by atoms with Gasteiger partial charge in [-0.1, -0.05) is 29.8 Å². The van der Waals surface area contributed by atoms with Crippen LogP contribution in [-0.2, 0) is 21.4 Å². The zero-order valence-electron chi connectivity index (χ0n) is 20.0. The van der Waals surface area contributed by atoms with E-state index in [0.29, 0.717) is 18.8 Å². The number of benzene rings is 2. The van der Waals surface area contributed by atoms with Crippen molar-refractivity contribution in [1.82, 2.24) is 9.47 Å². The second-order valence-electron chi connectivity index (χ2n) is 8.24. The number of carbonyl (C=O) groups is 2. The number of methoxy groups -OCH3 is 3. The summed E-state index contributed by atoms with van der Waals surface area (Å²) in [6, 6.07) is 9.91. The number of carbonyl (C=O) groups excluding carboxylic acids is 2. The molecule has 3 aromatic rings. The van der Waals surface area contributed by atoms with Crippen LogP contribution in [0.1, 0.15) is 23.6 Å². The molecular weight excluding hydrogens is 472 g/mol. The van der Waals surface area contributed by atoms with Crippen LogP contribution in [0.3, 0.4) is 0 Å². The van der Waals surface area contributed by atoms with Crippen molar-refractivity contribution in [3.63, 3.8) is 0 Å². The Balaban J connectivity index is 1.96. The highest BCUT2D eigenvalue weighted by Crippen LogP contribution is 2.44. The Morgan fingerprint density at radius 1 is 1.09 bits per heavy atom. The summed E-state index contributed by atoms with van der Waals surface area (Å²) in [4.78, 5) is 28.0. The SMILES string of the molecule is COCCCN1C(=O)C(=O)/C(=C(/O)c2cc(Cl)c(OC)cc2OC)C1c1cn(C)c2ccccc12. The highest BCUT2D eigenvalue weighted by Gasteiger charge is 2.47. The number of amides is 1. The standard InChI is InChI=1S/C26H27ClN2O6/c1-28-14-17(15-8-5-6-9-19(15)28)23-22(25(31)26(32)29(23)10-7-11-33-2)24(30)16-12-18(27)21(35-4)13-20(16)34-3/h5-6,8-9,12-14,23,30H,7,10-11H2,1-4H3/b24-22+. The van der Waals surface area contributed by atoms with Crippen molar-refractivity contribution in [1.29, 1.82) is 0 Å². The minimum absolute atomic E-state index is 0.0247. The summed E-state index contributed by atoms with van der Waals surface area (Å²) in [5, 5.41) is 12.6. The van der Waals surface area contributed by atoms with Crippen molar-refractivity contribution in [2.45, 2.75) is 12.5 Å². The normalized spacial score (nSPS) is 17.4. The summed E-state index contributed by atoms with van der Waals surface area (Å²) in [7, 11) is 6.38. The number of aromatic nitrogens is 1. The molecule has 4 rings (SSSR count). The number of hydrogen-bond acceptors (Lipinski definition) is 6. The van der Waals surface area contributed by atoms with Gasteiger partial charge in [0.2, 0.25) is 0 Å². The third-order valence-corrected chi connectivity index (χ3v) is 6.53. The monoisotopic (exact) mass is 498 g/mol. The fourth-order valence-electron chi connectivity index (χ4n) is 4.59. The number of likely N-dealkylation sites (tertiary alicyclic amines) is 1. The molecule has 0 saturated carbocycles. The van der Waals surface area contributed by atoms with Crippen molar-refractivity contribution in [3.8, 4) is 11.5 Å². The Bertz CT molecular complexity index is 1330. The van der Waals surface area contributed by atoms with Crippen LogP contribution < -0.4 is 9.47 Å². The largest absolute Gasteiger partial charge is 0.507 e. The van der Waals surface area contributed by atoms with Gasteiger partial charge in [-0.3, -0.25) is 9.59 Å². The number of aliphatic hydroxyl groups excluding tert-OH is 1. The molecule has 1 aromatic heterocycles. The lowest BCUT2D eigenvalue weighted by molar-refractivity contribution is -0.140. The van der Waals surface area contributed by atoms with Gasteiger partial charge in [0.15, 0.2) is 0 Å². The Kier molecular flexibility index (Phi) is 7.05. The number of aliphatic hydroxyl groups is 1. The molecule has 1 aliphatic rings. The Labute approximate surface area is 208 Å². The highest BCUT2D eigenvalue weighted by atomic mass is 35.5. The number of para-hydroxylation sites is 1. The molecule has 1 aliphatic heterocycles. The number of ether oxygens (including phenoxy) is 3. The molecule has 184 valence electrons. The number of fused-ring (bicyclic) bond motifs is 1. The van der Waals surface area contributed by atoms with Gasteiger partial charge in [0.25, 0.3) is 11.7 Å². The van der Waals surface area contributed by atoms with Gasteiger partial charge in [-0.2, -0.15) is 0 Å². The zero-order valence-corrected chi connectivity index (χ0v) is 20.8. The number of aryl methyl sites for hydroxylation is 1. The summed E-state index contributed by atoms with van der Waals surface area (Å²) in [6.07, 6.45) is 2.42. The topological polar surface area (TPSA) is 90.2 Å². The van der Waals surface area contributed by atoms with E-state index < -0.39 is 17.7 Å². The summed E-state index contributed by atoms with van der Waals surface area (Å²) >= 11 is 6.33. The third kappa shape index (κ3) is 4.24. The predicted molar refractivity (Wildman–Crippen MR) is 133 cm³/mol. The maximum Gasteiger partial charge on any atom is 0.295 e. The van der Waals surface area contributed by atoms with Crippen LogP contribution in [-0.4, -0.2) is 60.7 Å². The molecule has 9 heteroatoms. The quantitative estimate of drug-likeness (QED) is 0.215. The molecule has 1 saturated heterocycles. The van der Waals surface area contributed by atoms with Crippen molar-refractivity contribution >= 4 is 40.0 Å². The van der Waals surface area contributed by atoms with Gasteiger partial charge in [0, 0.05) is 56.0 Å². The Hall–Kier alpha value is -3.49. The molecule has 1 fully saturated rings. The van der Waals surface area contributed by atoms with E-state index in [4.69, 9.17) is 25.8 Å². The van der Waals surface area contributed by atoms with Gasteiger partial charge in [0.1, 0.15) is 17.3 Å². The molecule has 1 N–H and O–H groups in total. The Morgan fingerprint density at radius 3 is 2.49 bits per heavy atom. The lowest BCUT2D eigenvalue weighted by Gasteiger charge is -2.25. The van der Waals surface area contributed by atoms with E-state index in [1.807, 2.05) is 42.1 Å². The van der Waals surface area contributed by atoms with Gasteiger partial charge in [-0.25, -0.2) is 0 Å². The molecule has 1 unspecified atom stereocenters. The van der Waals surface area contributed by atoms with E-state index in [1.165, 1.54) is 31.3 Å².